The van der Waals surface area contributed by atoms with Gasteiger partial charge in [-0.3, -0.25) is 15.0 Å². The number of benzene rings is 1. The molecule has 2 rings (SSSR count). The Balaban J connectivity index is 1.83. The number of nitrogens with zero attached hydrogens (tertiary/aromatic N) is 1. The van der Waals surface area contributed by atoms with Gasteiger partial charge in [-0.1, -0.05) is 31.4 Å². The summed E-state index contributed by atoms with van der Waals surface area (Å²) < 4.78 is 37.8. The molecule has 0 unspecified atom stereocenters. The van der Waals surface area contributed by atoms with Crippen molar-refractivity contribution in [3.8, 4) is 0 Å². The average Bonchev–Trinajstić information content (AvgIpc) is 2.61. The van der Waals surface area contributed by atoms with Crippen LogP contribution < -0.4 is 10.6 Å². The van der Waals surface area contributed by atoms with Crippen LogP contribution in [0.3, 0.4) is 0 Å². The summed E-state index contributed by atoms with van der Waals surface area (Å²) in [6.45, 7) is 1.93. The molecule has 1 aromatic rings. The molecule has 0 aliphatic heterocycles. The molecule has 0 radical (unpaired) electrons. The standard InChI is InChI=1S/C19H26F3N3O2/c1-13(17(26)24-18(27)23-16-6-4-3-5-7-16)25(2)12-14-8-10-15(11-9-14)19(20,21)22/h8-11,13,16H,3-7,12H2,1-2H3,(H2,23,24,26,27)/t13-/m0/s1. The van der Waals surface area contributed by atoms with Crippen molar-refractivity contribution in [3.63, 3.8) is 0 Å². The van der Waals surface area contributed by atoms with Gasteiger partial charge in [0.25, 0.3) is 0 Å². The van der Waals surface area contributed by atoms with Crippen LogP contribution in [0.15, 0.2) is 24.3 Å². The fraction of sp³-hybridized carbons (Fsp3) is 0.579. The molecular formula is C19H26F3N3O2. The molecule has 8 heteroatoms. The third-order valence-corrected chi connectivity index (χ3v) is 4.93. The Morgan fingerprint density at radius 1 is 1.15 bits per heavy atom. The van der Waals surface area contributed by atoms with Gasteiger partial charge in [0.2, 0.25) is 5.91 Å². The second kappa shape index (κ2) is 9.21. The predicted molar refractivity (Wildman–Crippen MR) is 95.9 cm³/mol. The van der Waals surface area contributed by atoms with Crippen LogP contribution in [0.25, 0.3) is 0 Å². The van der Waals surface area contributed by atoms with E-state index in [2.05, 4.69) is 10.6 Å². The first-order chi connectivity index (χ1) is 12.7. The van der Waals surface area contributed by atoms with Crippen LogP contribution in [0.2, 0.25) is 0 Å². The Kier molecular flexibility index (Phi) is 7.24. The van der Waals surface area contributed by atoms with Crippen LogP contribution in [0.4, 0.5) is 18.0 Å². The lowest BCUT2D eigenvalue weighted by Crippen LogP contribution is -2.50. The molecule has 2 N–H and O–H groups in total. The monoisotopic (exact) mass is 385 g/mol. The number of urea groups is 1. The van der Waals surface area contributed by atoms with Crippen LogP contribution in [-0.4, -0.2) is 36.0 Å². The Bertz CT molecular complexity index is 641. The highest BCUT2D eigenvalue weighted by Gasteiger charge is 2.30. The van der Waals surface area contributed by atoms with E-state index in [0.717, 1.165) is 37.8 Å². The number of rotatable bonds is 5. The molecule has 0 saturated heterocycles. The zero-order valence-corrected chi connectivity index (χ0v) is 15.6. The van der Waals surface area contributed by atoms with E-state index >= 15 is 0 Å². The zero-order chi connectivity index (χ0) is 20.0. The number of hydrogen-bond acceptors (Lipinski definition) is 3. The summed E-state index contributed by atoms with van der Waals surface area (Å²) >= 11 is 0. The number of nitrogens with one attached hydrogen (secondary N) is 2. The largest absolute Gasteiger partial charge is 0.416 e. The van der Waals surface area contributed by atoms with Crippen molar-refractivity contribution in [3.05, 3.63) is 35.4 Å². The number of imide groups is 1. The first kappa shape index (κ1) is 21.2. The van der Waals surface area contributed by atoms with Crippen molar-refractivity contribution in [1.82, 2.24) is 15.5 Å². The minimum Gasteiger partial charge on any atom is -0.335 e. The highest BCUT2D eigenvalue weighted by atomic mass is 19.4. The second-order valence-electron chi connectivity index (χ2n) is 7.08. The van der Waals surface area contributed by atoms with Gasteiger partial charge in [0, 0.05) is 12.6 Å². The molecule has 5 nitrogen and oxygen atoms in total. The van der Waals surface area contributed by atoms with Gasteiger partial charge in [-0.15, -0.1) is 0 Å². The summed E-state index contributed by atoms with van der Waals surface area (Å²) in [5, 5.41) is 5.16. The number of likely N-dealkylation sites (N-methyl/N-ethyl adjacent to an activating group) is 1. The van der Waals surface area contributed by atoms with Gasteiger partial charge in [0.15, 0.2) is 0 Å². The Morgan fingerprint density at radius 3 is 2.30 bits per heavy atom. The normalized spacial score (nSPS) is 16.8. The first-order valence-electron chi connectivity index (χ1n) is 9.14. The SMILES string of the molecule is C[C@@H](C(=O)NC(=O)NC1CCCCC1)N(C)Cc1ccc(C(F)(F)F)cc1. The predicted octanol–water partition coefficient (Wildman–Crippen LogP) is 3.68. The van der Waals surface area contributed by atoms with Crippen molar-refractivity contribution in [2.75, 3.05) is 7.05 Å². The summed E-state index contributed by atoms with van der Waals surface area (Å²) in [6, 6.07) is 3.81. The summed E-state index contributed by atoms with van der Waals surface area (Å²) in [5.41, 5.74) is -0.0594. The lowest BCUT2D eigenvalue weighted by molar-refractivity contribution is -0.137. The first-order valence-corrected chi connectivity index (χ1v) is 9.14. The van der Waals surface area contributed by atoms with E-state index in [-0.39, 0.29) is 12.6 Å². The lowest BCUT2D eigenvalue weighted by atomic mass is 9.96. The van der Waals surface area contributed by atoms with E-state index in [0.29, 0.717) is 5.56 Å². The molecule has 1 fully saturated rings. The van der Waals surface area contributed by atoms with Crippen LogP contribution in [0.5, 0.6) is 0 Å². The molecule has 1 aromatic carbocycles. The van der Waals surface area contributed by atoms with Gasteiger partial charge in [0.1, 0.15) is 0 Å². The number of hydrogen-bond donors (Lipinski definition) is 2. The molecule has 0 aromatic heterocycles. The van der Waals surface area contributed by atoms with Crippen LogP contribution in [-0.2, 0) is 17.5 Å². The molecule has 3 amide bonds. The van der Waals surface area contributed by atoms with Crippen molar-refractivity contribution in [1.29, 1.82) is 0 Å². The van der Waals surface area contributed by atoms with E-state index in [4.69, 9.17) is 0 Å². The summed E-state index contributed by atoms with van der Waals surface area (Å²) in [5.74, 6) is -0.447. The molecular weight excluding hydrogens is 359 g/mol. The maximum absolute atomic E-state index is 12.6. The van der Waals surface area contributed by atoms with Crippen molar-refractivity contribution in [2.45, 2.75) is 63.8 Å². The Labute approximate surface area is 157 Å². The summed E-state index contributed by atoms with van der Waals surface area (Å²) in [6.07, 6.45) is 0.792. The third-order valence-electron chi connectivity index (χ3n) is 4.93. The molecule has 1 aliphatic carbocycles. The molecule has 0 bridgehead atoms. The van der Waals surface area contributed by atoms with Crippen molar-refractivity contribution < 1.29 is 22.8 Å². The number of halogens is 3. The molecule has 1 saturated carbocycles. The molecule has 27 heavy (non-hydrogen) atoms. The van der Waals surface area contributed by atoms with E-state index < -0.39 is 29.7 Å². The minimum absolute atomic E-state index is 0.103. The smallest absolute Gasteiger partial charge is 0.335 e. The van der Waals surface area contributed by atoms with Gasteiger partial charge >= 0.3 is 12.2 Å². The number of alkyl halides is 3. The van der Waals surface area contributed by atoms with E-state index in [1.54, 1.807) is 18.9 Å². The number of carbonyl (C=O) groups is 2. The molecule has 150 valence electrons. The Hall–Kier alpha value is -2.09. The van der Waals surface area contributed by atoms with E-state index in [1.807, 2.05) is 0 Å². The summed E-state index contributed by atoms with van der Waals surface area (Å²) in [4.78, 5) is 25.9. The zero-order valence-electron chi connectivity index (χ0n) is 15.6. The van der Waals surface area contributed by atoms with E-state index in [9.17, 15) is 22.8 Å². The van der Waals surface area contributed by atoms with Gasteiger partial charge < -0.3 is 5.32 Å². The van der Waals surface area contributed by atoms with Crippen molar-refractivity contribution >= 4 is 11.9 Å². The number of carbonyl (C=O) groups excluding carboxylic acids is 2. The van der Waals surface area contributed by atoms with Crippen LogP contribution in [0, 0.1) is 0 Å². The molecule has 1 atom stereocenters. The van der Waals surface area contributed by atoms with E-state index in [1.165, 1.54) is 18.6 Å². The fourth-order valence-corrected chi connectivity index (χ4v) is 3.11. The number of amides is 3. The Morgan fingerprint density at radius 2 is 1.74 bits per heavy atom. The maximum Gasteiger partial charge on any atom is 0.416 e. The highest BCUT2D eigenvalue weighted by molar-refractivity contribution is 5.96. The van der Waals surface area contributed by atoms with Gasteiger partial charge in [-0.05, 0) is 44.5 Å². The van der Waals surface area contributed by atoms with Crippen molar-refractivity contribution in [2.24, 2.45) is 0 Å². The van der Waals surface area contributed by atoms with Gasteiger partial charge in [0.05, 0.1) is 11.6 Å². The quantitative estimate of drug-likeness (QED) is 0.813. The average molecular weight is 385 g/mol. The van der Waals surface area contributed by atoms with Gasteiger partial charge in [-0.25, -0.2) is 4.79 Å². The van der Waals surface area contributed by atoms with Crippen LogP contribution >= 0.6 is 0 Å². The molecule has 1 aliphatic rings. The minimum atomic E-state index is -4.37. The third kappa shape index (κ3) is 6.53. The topological polar surface area (TPSA) is 61.4 Å². The highest BCUT2D eigenvalue weighted by Crippen LogP contribution is 2.29. The maximum atomic E-state index is 12.6. The molecule has 0 heterocycles. The van der Waals surface area contributed by atoms with Gasteiger partial charge in [-0.2, -0.15) is 13.2 Å². The fourth-order valence-electron chi connectivity index (χ4n) is 3.11. The lowest BCUT2D eigenvalue weighted by Gasteiger charge is -2.25. The summed E-state index contributed by atoms with van der Waals surface area (Å²) in [7, 11) is 1.68. The second-order valence-corrected chi connectivity index (χ2v) is 7.08. The van der Waals surface area contributed by atoms with Crippen LogP contribution in [0.1, 0.15) is 50.2 Å². The molecule has 0 spiro atoms.